The Morgan fingerprint density at radius 3 is 1.44 bits per heavy atom. The molecule has 1 heterocycles. The first-order chi connectivity index (χ1) is 16.7. The molecule has 1 aliphatic heterocycles. The van der Waals surface area contributed by atoms with Gasteiger partial charge in [0, 0.05) is 0 Å². The van der Waals surface area contributed by atoms with Gasteiger partial charge in [-0.3, -0.25) is 0 Å². The number of rotatable bonds is 4. The second kappa shape index (κ2) is 8.06. The minimum atomic E-state index is -3.52. The van der Waals surface area contributed by atoms with E-state index in [-0.39, 0.29) is 6.10 Å². The summed E-state index contributed by atoms with van der Waals surface area (Å²) in [4.78, 5) is 0. The zero-order valence-corrected chi connectivity index (χ0v) is 20.1. The van der Waals surface area contributed by atoms with Crippen molar-refractivity contribution in [1.82, 2.24) is 0 Å². The third kappa shape index (κ3) is 2.81. The van der Waals surface area contributed by atoms with Crippen LogP contribution in [0.25, 0.3) is 0 Å². The zero-order chi connectivity index (χ0) is 23.0. The first-order valence-electron chi connectivity index (χ1n) is 11.8. The Bertz CT molecular complexity index is 1330. The van der Waals surface area contributed by atoms with Crippen LogP contribution < -0.4 is 21.2 Å². The van der Waals surface area contributed by atoms with Crippen LogP contribution in [0.1, 0.15) is 22.8 Å². The zero-order valence-electron chi connectivity index (χ0n) is 19.2. The molecular formula is C32H27OP. The van der Waals surface area contributed by atoms with Crippen LogP contribution in [0.15, 0.2) is 140 Å². The molecule has 34 heavy (non-hydrogen) atoms. The van der Waals surface area contributed by atoms with Gasteiger partial charge in [0.1, 0.15) is 0 Å². The Morgan fingerprint density at radius 2 is 0.941 bits per heavy atom. The molecule has 0 amide bonds. The number of hydrogen-bond donors (Lipinski definition) is 0. The SMILES string of the molecule is Cc1ccc([C@@H]2OP(c3ccccc3)(c3ccccc3)(c3ccccc3)c3ccccc32)cc1. The average Bonchev–Trinajstić information content (AvgIpc) is 3.25. The Hall–Kier alpha value is -3.51. The molecule has 0 saturated heterocycles. The van der Waals surface area contributed by atoms with Crippen molar-refractivity contribution < 1.29 is 4.52 Å². The summed E-state index contributed by atoms with van der Waals surface area (Å²) in [7, 11) is 0. The molecule has 5 aromatic carbocycles. The van der Waals surface area contributed by atoms with Gasteiger partial charge in [-0.1, -0.05) is 0 Å². The third-order valence-electron chi connectivity index (χ3n) is 7.12. The van der Waals surface area contributed by atoms with Gasteiger partial charge in [-0.15, -0.1) is 0 Å². The maximum absolute atomic E-state index is 7.72. The summed E-state index contributed by atoms with van der Waals surface area (Å²) >= 11 is 0. The van der Waals surface area contributed by atoms with Crippen molar-refractivity contribution in [2.75, 3.05) is 0 Å². The molecule has 6 rings (SSSR count). The van der Waals surface area contributed by atoms with E-state index in [9.17, 15) is 0 Å². The molecule has 0 saturated carbocycles. The summed E-state index contributed by atoms with van der Waals surface area (Å²) in [5.74, 6) is 0. The van der Waals surface area contributed by atoms with Gasteiger partial charge in [-0.25, -0.2) is 0 Å². The second-order valence-corrected chi connectivity index (χ2v) is 13.3. The summed E-state index contributed by atoms with van der Waals surface area (Å²) < 4.78 is 7.72. The Morgan fingerprint density at radius 1 is 0.500 bits per heavy atom. The van der Waals surface area contributed by atoms with Crippen LogP contribution in [0.4, 0.5) is 0 Å². The molecule has 0 fully saturated rings. The fourth-order valence-electron chi connectivity index (χ4n) is 5.59. The van der Waals surface area contributed by atoms with Crippen LogP contribution in [0.2, 0.25) is 0 Å². The van der Waals surface area contributed by atoms with E-state index in [2.05, 4.69) is 146 Å². The van der Waals surface area contributed by atoms with Crippen LogP contribution >= 0.6 is 6.83 Å². The van der Waals surface area contributed by atoms with E-state index in [1.54, 1.807) is 0 Å². The molecular weight excluding hydrogens is 431 g/mol. The van der Waals surface area contributed by atoms with Gasteiger partial charge in [0.2, 0.25) is 0 Å². The number of aryl methyl sites for hydroxylation is 1. The fourth-order valence-corrected chi connectivity index (χ4v) is 11.7. The van der Waals surface area contributed by atoms with E-state index in [4.69, 9.17) is 4.52 Å². The molecule has 5 aromatic rings. The van der Waals surface area contributed by atoms with Gasteiger partial charge in [-0.05, 0) is 0 Å². The number of benzene rings is 5. The van der Waals surface area contributed by atoms with Gasteiger partial charge < -0.3 is 0 Å². The van der Waals surface area contributed by atoms with Crippen LogP contribution in [-0.4, -0.2) is 0 Å². The summed E-state index contributed by atoms with van der Waals surface area (Å²) in [6, 6.07) is 50.3. The van der Waals surface area contributed by atoms with E-state index in [0.717, 1.165) is 0 Å². The normalized spacial score (nSPS) is 19.0. The van der Waals surface area contributed by atoms with Gasteiger partial charge in [-0.2, -0.15) is 0 Å². The second-order valence-electron chi connectivity index (χ2n) is 9.00. The Kier molecular flexibility index (Phi) is 4.99. The molecule has 0 aromatic heterocycles. The monoisotopic (exact) mass is 458 g/mol. The third-order valence-corrected chi connectivity index (χ3v) is 12.9. The minimum absolute atomic E-state index is 0.157. The number of fused-ring (bicyclic) bond motifs is 1. The van der Waals surface area contributed by atoms with Gasteiger partial charge in [0.15, 0.2) is 0 Å². The van der Waals surface area contributed by atoms with Crippen molar-refractivity contribution in [2.45, 2.75) is 13.0 Å². The molecule has 0 bridgehead atoms. The van der Waals surface area contributed by atoms with Crippen LogP contribution in [0.3, 0.4) is 0 Å². The molecule has 0 unspecified atom stereocenters. The van der Waals surface area contributed by atoms with Gasteiger partial charge >= 0.3 is 202 Å². The molecule has 1 atom stereocenters. The molecule has 0 spiro atoms. The predicted molar refractivity (Wildman–Crippen MR) is 145 cm³/mol. The van der Waals surface area contributed by atoms with E-state index in [0.29, 0.717) is 0 Å². The first kappa shape index (κ1) is 21.1. The van der Waals surface area contributed by atoms with Crippen molar-refractivity contribution in [1.29, 1.82) is 0 Å². The quantitative estimate of drug-likeness (QED) is 0.292. The van der Waals surface area contributed by atoms with Crippen LogP contribution in [0, 0.1) is 6.92 Å². The number of hydrogen-bond acceptors (Lipinski definition) is 1. The van der Waals surface area contributed by atoms with E-state index >= 15 is 0 Å². The summed E-state index contributed by atoms with van der Waals surface area (Å²) in [6.07, 6.45) is -0.157. The molecule has 0 aliphatic carbocycles. The predicted octanol–water partition coefficient (Wildman–Crippen LogP) is 6.18. The Balaban J connectivity index is 1.80. The maximum atomic E-state index is 7.72. The van der Waals surface area contributed by atoms with Crippen molar-refractivity contribution >= 4 is 28.0 Å². The van der Waals surface area contributed by atoms with Gasteiger partial charge in [0.25, 0.3) is 0 Å². The summed E-state index contributed by atoms with van der Waals surface area (Å²) in [5, 5.41) is 4.98. The van der Waals surface area contributed by atoms with E-state index < -0.39 is 6.83 Å². The van der Waals surface area contributed by atoms with Crippen molar-refractivity contribution in [2.24, 2.45) is 0 Å². The molecule has 1 nitrogen and oxygen atoms in total. The van der Waals surface area contributed by atoms with Crippen molar-refractivity contribution in [3.63, 3.8) is 0 Å². The fraction of sp³-hybridized carbons (Fsp3) is 0.0625. The first-order valence-corrected chi connectivity index (χ1v) is 13.9. The van der Waals surface area contributed by atoms with E-state index in [1.807, 2.05) is 0 Å². The van der Waals surface area contributed by atoms with Crippen LogP contribution in [0.5, 0.6) is 0 Å². The van der Waals surface area contributed by atoms with E-state index in [1.165, 1.54) is 37.9 Å². The summed E-state index contributed by atoms with van der Waals surface area (Å²) in [6.45, 7) is -1.39. The van der Waals surface area contributed by atoms with Crippen LogP contribution in [-0.2, 0) is 4.52 Å². The molecule has 166 valence electrons. The topological polar surface area (TPSA) is 9.23 Å². The Labute approximate surface area is 201 Å². The van der Waals surface area contributed by atoms with Crippen molar-refractivity contribution in [3.05, 3.63) is 156 Å². The molecule has 0 radical (unpaired) electrons. The molecule has 2 heteroatoms. The molecule has 1 aliphatic rings. The standard InChI is InChI=1S/C32H27OP/c1-25-21-23-26(24-22-25)32-30-19-11-12-20-31(30)34(33-32,27-13-5-2-6-14-27,28-15-7-3-8-16-28)29-17-9-4-10-18-29/h2-24,32H,1H3/t32-/m0/s1. The molecule has 0 N–H and O–H groups in total. The average molecular weight is 459 g/mol. The van der Waals surface area contributed by atoms with Gasteiger partial charge in [0.05, 0.1) is 0 Å². The summed E-state index contributed by atoms with van der Waals surface area (Å²) in [5.41, 5.74) is 3.69. The van der Waals surface area contributed by atoms with Crippen molar-refractivity contribution in [3.8, 4) is 0 Å².